The van der Waals surface area contributed by atoms with E-state index < -0.39 is 17.8 Å². The fourth-order valence-corrected chi connectivity index (χ4v) is 3.78. The molecule has 0 unspecified atom stereocenters. The molecule has 1 N–H and O–H groups in total. The lowest BCUT2D eigenvalue weighted by molar-refractivity contribution is -0.122. The van der Waals surface area contributed by atoms with E-state index in [0.717, 1.165) is 29.2 Å². The van der Waals surface area contributed by atoms with Crippen molar-refractivity contribution in [3.05, 3.63) is 58.1 Å². The molecule has 4 rings (SSSR count). The van der Waals surface area contributed by atoms with Gasteiger partial charge < -0.3 is 14.4 Å². The molecule has 32 heavy (non-hydrogen) atoms. The quantitative estimate of drug-likeness (QED) is 0.562. The summed E-state index contributed by atoms with van der Waals surface area (Å²) in [6, 6.07) is 9.52. The van der Waals surface area contributed by atoms with Crippen molar-refractivity contribution >= 4 is 46.9 Å². The van der Waals surface area contributed by atoms with Gasteiger partial charge in [0.2, 0.25) is 0 Å². The fraction of sp³-hybridized carbons (Fsp3) is 0.261. The molecule has 8 nitrogen and oxygen atoms in total. The highest BCUT2D eigenvalue weighted by Gasteiger charge is 2.37. The summed E-state index contributed by atoms with van der Waals surface area (Å²) in [7, 11) is 1.52. The number of carbonyl (C=O) groups excluding carboxylic acids is 3. The fourth-order valence-electron chi connectivity index (χ4n) is 3.61. The molecule has 0 atom stereocenters. The van der Waals surface area contributed by atoms with Gasteiger partial charge in [0.1, 0.15) is 11.3 Å². The van der Waals surface area contributed by atoms with Gasteiger partial charge in [0.25, 0.3) is 11.8 Å². The van der Waals surface area contributed by atoms with E-state index in [1.165, 1.54) is 19.3 Å². The van der Waals surface area contributed by atoms with Crippen LogP contribution < -0.4 is 19.9 Å². The van der Waals surface area contributed by atoms with Crippen LogP contribution in [0.5, 0.6) is 5.75 Å². The standard InChI is InChI=1S/C23H22ClN3O5/c1-14-3-5-17(12-19(14)24)27-22(29)18(21(28)25-23(27)30)11-15-4-6-16(13-20(15)31-2)26-7-9-32-10-8-26/h3-6,11-13H,7-10H2,1-2H3,(H,25,28,30)/b18-11-. The Hall–Kier alpha value is -3.36. The SMILES string of the molecule is COc1cc(N2CCOCC2)ccc1/C=C1/C(=O)NC(=O)N(c2ccc(C)c(Cl)c2)C1=O. The van der Waals surface area contributed by atoms with Gasteiger partial charge in [-0.2, -0.15) is 0 Å². The molecular formula is C23H22ClN3O5. The van der Waals surface area contributed by atoms with Crippen LogP contribution in [0.3, 0.4) is 0 Å². The number of rotatable bonds is 4. The Morgan fingerprint density at radius 2 is 1.78 bits per heavy atom. The summed E-state index contributed by atoms with van der Waals surface area (Å²) in [5.41, 5.74) is 2.39. The summed E-state index contributed by atoms with van der Waals surface area (Å²) in [5, 5.41) is 2.62. The number of halogens is 1. The first-order valence-electron chi connectivity index (χ1n) is 10.1. The lowest BCUT2D eigenvalue weighted by Crippen LogP contribution is -2.54. The Morgan fingerprint density at radius 1 is 1.06 bits per heavy atom. The molecule has 2 aromatic carbocycles. The van der Waals surface area contributed by atoms with Crippen molar-refractivity contribution in [3.63, 3.8) is 0 Å². The van der Waals surface area contributed by atoms with Crippen LogP contribution in [0.15, 0.2) is 42.0 Å². The number of nitrogens with zero attached hydrogens (tertiary/aromatic N) is 2. The van der Waals surface area contributed by atoms with Crippen molar-refractivity contribution in [1.29, 1.82) is 0 Å². The van der Waals surface area contributed by atoms with Gasteiger partial charge in [-0.3, -0.25) is 14.9 Å². The van der Waals surface area contributed by atoms with Gasteiger partial charge in [-0.05, 0) is 42.8 Å². The minimum atomic E-state index is -0.827. The smallest absolute Gasteiger partial charge is 0.335 e. The highest BCUT2D eigenvalue weighted by atomic mass is 35.5. The maximum atomic E-state index is 13.1. The van der Waals surface area contributed by atoms with Gasteiger partial charge in [0.05, 0.1) is 26.0 Å². The van der Waals surface area contributed by atoms with Gasteiger partial charge in [0.15, 0.2) is 0 Å². The molecule has 2 saturated heterocycles. The summed E-state index contributed by atoms with van der Waals surface area (Å²) >= 11 is 6.16. The van der Waals surface area contributed by atoms with Gasteiger partial charge in [0, 0.05) is 35.4 Å². The number of aryl methyl sites for hydroxylation is 1. The molecular weight excluding hydrogens is 434 g/mol. The number of morpholine rings is 1. The highest BCUT2D eigenvalue weighted by molar-refractivity contribution is 6.39. The topological polar surface area (TPSA) is 88.2 Å². The first kappa shape index (κ1) is 21.9. The van der Waals surface area contributed by atoms with Crippen molar-refractivity contribution in [2.24, 2.45) is 0 Å². The monoisotopic (exact) mass is 455 g/mol. The van der Waals surface area contributed by atoms with E-state index in [1.54, 1.807) is 18.2 Å². The number of imide groups is 2. The summed E-state index contributed by atoms with van der Waals surface area (Å²) < 4.78 is 10.9. The zero-order chi connectivity index (χ0) is 22.8. The number of nitrogens with one attached hydrogen (secondary N) is 1. The second-order valence-electron chi connectivity index (χ2n) is 7.42. The average molecular weight is 456 g/mol. The number of ether oxygens (including phenoxy) is 2. The van der Waals surface area contributed by atoms with E-state index in [9.17, 15) is 14.4 Å². The summed E-state index contributed by atoms with van der Waals surface area (Å²) in [6.45, 7) is 4.64. The van der Waals surface area contributed by atoms with Crippen LogP contribution in [0.25, 0.3) is 6.08 Å². The number of barbiturate groups is 1. The Labute approximate surface area is 190 Å². The molecule has 0 aromatic heterocycles. The van der Waals surface area contributed by atoms with Crippen LogP contribution in [0.1, 0.15) is 11.1 Å². The van der Waals surface area contributed by atoms with Crippen LogP contribution in [-0.2, 0) is 14.3 Å². The van der Waals surface area contributed by atoms with Crippen molar-refractivity contribution < 1.29 is 23.9 Å². The van der Waals surface area contributed by atoms with Crippen LogP contribution in [0.4, 0.5) is 16.2 Å². The van der Waals surface area contributed by atoms with Crippen LogP contribution in [-0.4, -0.2) is 51.3 Å². The molecule has 0 aliphatic carbocycles. The van der Waals surface area contributed by atoms with Crippen LogP contribution in [0, 0.1) is 6.92 Å². The molecule has 0 bridgehead atoms. The first-order valence-corrected chi connectivity index (χ1v) is 10.4. The predicted octanol–water partition coefficient (Wildman–Crippen LogP) is 3.16. The third kappa shape index (κ3) is 4.19. The summed E-state index contributed by atoms with van der Waals surface area (Å²) in [5.74, 6) is -1.00. The Morgan fingerprint density at radius 3 is 2.47 bits per heavy atom. The normalized spacial score (nSPS) is 18.2. The molecule has 0 radical (unpaired) electrons. The molecule has 0 spiro atoms. The van der Waals surface area contributed by atoms with Gasteiger partial charge in [-0.15, -0.1) is 0 Å². The van der Waals surface area contributed by atoms with E-state index in [2.05, 4.69) is 10.2 Å². The molecule has 9 heteroatoms. The Kier molecular flexibility index (Phi) is 6.16. The summed E-state index contributed by atoms with van der Waals surface area (Å²) in [4.78, 5) is 41.1. The van der Waals surface area contributed by atoms with E-state index >= 15 is 0 Å². The predicted molar refractivity (Wildman–Crippen MR) is 121 cm³/mol. The van der Waals surface area contributed by atoms with E-state index in [1.807, 2.05) is 19.1 Å². The number of hydrogen-bond donors (Lipinski definition) is 1. The Bertz CT molecular complexity index is 1120. The second kappa shape index (κ2) is 9.02. The minimum Gasteiger partial charge on any atom is -0.496 e. The number of carbonyl (C=O) groups is 3. The van der Waals surface area contributed by atoms with E-state index in [0.29, 0.717) is 29.5 Å². The van der Waals surface area contributed by atoms with Gasteiger partial charge in [-0.25, -0.2) is 9.69 Å². The molecule has 2 aliphatic rings. The zero-order valence-electron chi connectivity index (χ0n) is 17.7. The number of hydrogen-bond acceptors (Lipinski definition) is 6. The number of benzene rings is 2. The number of methoxy groups -OCH3 is 1. The maximum Gasteiger partial charge on any atom is 0.335 e. The first-order chi connectivity index (χ1) is 15.4. The number of urea groups is 1. The van der Waals surface area contributed by atoms with Gasteiger partial charge in [-0.1, -0.05) is 17.7 Å². The molecule has 0 saturated carbocycles. The molecule has 2 fully saturated rings. The van der Waals surface area contributed by atoms with E-state index in [-0.39, 0.29) is 11.3 Å². The molecule has 2 heterocycles. The minimum absolute atomic E-state index is 0.182. The van der Waals surface area contributed by atoms with Crippen molar-refractivity contribution in [2.45, 2.75) is 6.92 Å². The third-order valence-electron chi connectivity index (χ3n) is 5.41. The average Bonchev–Trinajstić information content (AvgIpc) is 2.79. The highest BCUT2D eigenvalue weighted by Crippen LogP contribution is 2.30. The maximum absolute atomic E-state index is 13.1. The molecule has 166 valence electrons. The third-order valence-corrected chi connectivity index (χ3v) is 5.82. The summed E-state index contributed by atoms with van der Waals surface area (Å²) in [6.07, 6.45) is 1.43. The van der Waals surface area contributed by atoms with Crippen LogP contribution in [0.2, 0.25) is 5.02 Å². The lowest BCUT2D eigenvalue weighted by atomic mass is 10.0. The Balaban J connectivity index is 1.68. The molecule has 4 amide bonds. The molecule has 2 aliphatic heterocycles. The second-order valence-corrected chi connectivity index (χ2v) is 7.82. The number of anilines is 2. The lowest BCUT2D eigenvalue weighted by Gasteiger charge is -2.29. The zero-order valence-corrected chi connectivity index (χ0v) is 18.4. The number of amides is 4. The van der Waals surface area contributed by atoms with Gasteiger partial charge >= 0.3 is 6.03 Å². The van der Waals surface area contributed by atoms with Crippen molar-refractivity contribution in [3.8, 4) is 5.75 Å². The van der Waals surface area contributed by atoms with Crippen molar-refractivity contribution in [1.82, 2.24) is 5.32 Å². The largest absolute Gasteiger partial charge is 0.496 e. The van der Waals surface area contributed by atoms with Crippen LogP contribution >= 0.6 is 11.6 Å². The van der Waals surface area contributed by atoms with Crippen molar-refractivity contribution in [2.75, 3.05) is 43.2 Å². The molecule has 2 aromatic rings. The van der Waals surface area contributed by atoms with E-state index in [4.69, 9.17) is 21.1 Å².